The van der Waals surface area contributed by atoms with Crippen molar-refractivity contribution in [1.82, 2.24) is 14.7 Å². The summed E-state index contributed by atoms with van der Waals surface area (Å²) in [5, 5.41) is 14.3. The Kier molecular flexibility index (Phi) is 4.28. The second kappa shape index (κ2) is 6.22. The van der Waals surface area contributed by atoms with Gasteiger partial charge < -0.3 is 10.0 Å². The van der Waals surface area contributed by atoms with Crippen molar-refractivity contribution in [2.24, 2.45) is 0 Å². The van der Waals surface area contributed by atoms with Gasteiger partial charge in [-0.2, -0.15) is 5.10 Å². The van der Waals surface area contributed by atoms with Crippen LogP contribution in [0.15, 0.2) is 30.5 Å². The molecule has 1 aromatic carbocycles. The number of hydrogen-bond donors (Lipinski definition) is 1. The Hall–Kier alpha value is -2.05. The number of carbonyl (C=O) groups is 2. The number of aromatic nitrogens is 2. The molecule has 8 heteroatoms. The third-order valence-electron chi connectivity index (χ3n) is 3.76. The first kappa shape index (κ1) is 15.8. The van der Waals surface area contributed by atoms with E-state index in [1.807, 2.05) is 0 Å². The SMILES string of the molecule is O=C(O)C1CCCN1C(=O)c1ccn(-c2ccc(Cl)cc2Cl)n1. The first-order valence-corrected chi connectivity index (χ1v) is 7.78. The van der Waals surface area contributed by atoms with Crippen LogP contribution in [0, 0.1) is 0 Å². The highest BCUT2D eigenvalue weighted by Gasteiger charge is 2.35. The molecule has 1 aromatic heterocycles. The Bertz CT molecular complexity index is 775. The Labute approximate surface area is 142 Å². The molecular weight excluding hydrogens is 341 g/mol. The molecule has 0 radical (unpaired) electrons. The monoisotopic (exact) mass is 353 g/mol. The van der Waals surface area contributed by atoms with Crippen LogP contribution in [-0.4, -0.2) is 44.3 Å². The van der Waals surface area contributed by atoms with E-state index >= 15 is 0 Å². The van der Waals surface area contributed by atoms with Crippen molar-refractivity contribution >= 4 is 35.1 Å². The van der Waals surface area contributed by atoms with Gasteiger partial charge in [0.1, 0.15) is 6.04 Å². The summed E-state index contributed by atoms with van der Waals surface area (Å²) in [6, 6.07) is 5.72. The van der Waals surface area contributed by atoms with Gasteiger partial charge in [-0.15, -0.1) is 0 Å². The topological polar surface area (TPSA) is 75.4 Å². The van der Waals surface area contributed by atoms with Crippen molar-refractivity contribution in [3.63, 3.8) is 0 Å². The van der Waals surface area contributed by atoms with E-state index in [2.05, 4.69) is 5.10 Å². The molecule has 1 N–H and O–H groups in total. The van der Waals surface area contributed by atoms with E-state index in [1.165, 1.54) is 9.58 Å². The zero-order valence-electron chi connectivity index (χ0n) is 11.9. The van der Waals surface area contributed by atoms with Crippen LogP contribution in [0.1, 0.15) is 23.3 Å². The van der Waals surface area contributed by atoms with Crippen LogP contribution in [0.25, 0.3) is 5.69 Å². The molecule has 1 amide bonds. The van der Waals surface area contributed by atoms with Crippen molar-refractivity contribution in [2.75, 3.05) is 6.54 Å². The molecule has 6 nitrogen and oxygen atoms in total. The Morgan fingerprint density at radius 3 is 2.74 bits per heavy atom. The number of carbonyl (C=O) groups excluding carboxylic acids is 1. The molecule has 0 saturated carbocycles. The van der Waals surface area contributed by atoms with Crippen molar-refractivity contribution in [3.05, 3.63) is 46.2 Å². The van der Waals surface area contributed by atoms with Crippen LogP contribution < -0.4 is 0 Å². The highest BCUT2D eigenvalue weighted by atomic mass is 35.5. The second-order valence-corrected chi connectivity index (χ2v) is 6.08. The smallest absolute Gasteiger partial charge is 0.326 e. The quantitative estimate of drug-likeness (QED) is 0.920. The lowest BCUT2D eigenvalue weighted by Crippen LogP contribution is -2.40. The van der Waals surface area contributed by atoms with Crippen LogP contribution in [0.2, 0.25) is 10.0 Å². The molecule has 0 bridgehead atoms. The maximum atomic E-state index is 12.5. The number of aliphatic carboxylic acids is 1. The van der Waals surface area contributed by atoms with Gasteiger partial charge >= 0.3 is 5.97 Å². The van der Waals surface area contributed by atoms with Gasteiger partial charge in [0.2, 0.25) is 0 Å². The molecule has 1 unspecified atom stereocenters. The second-order valence-electron chi connectivity index (χ2n) is 5.24. The highest BCUT2D eigenvalue weighted by molar-refractivity contribution is 6.35. The average molecular weight is 354 g/mol. The lowest BCUT2D eigenvalue weighted by Gasteiger charge is -2.20. The lowest BCUT2D eigenvalue weighted by atomic mass is 10.2. The maximum absolute atomic E-state index is 12.5. The van der Waals surface area contributed by atoms with Crippen LogP contribution in [0.5, 0.6) is 0 Å². The third kappa shape index (κ3) is 3.04. The van der Waals surface area contributed by atoms with Gasteiger partial charge in [-0.3, -0.25) is 4.79 Å². The van der Waals surface area contributed by atoms with Crippen LogP contribution in [-0.2, 0) is 4.79 Å². The number of halogens is 2. The van der Waals surface area contributed by atoms with Gasteiger partial charge in [-0.25, -0.2) is 9.48 Å². The number of carboxylic acid groups (broad SMARTS) is 1. The van der Waals surface area contributed by atoms with Gasteiger partial charge in [0, 0.05) is 17.8 Å². The lowest BCUT2D eigenvalue weighted by molar-refractivity contribution is -0.141. The highest BCUT2D eigenvalue weighted by Crippen LogP contribution is 2.25. The van der Waals surface area contributed by atoms with Gasteiger partial charge in [0.15, 0.2) is 5.69 Å². The molecule has 1 fully saturated rings. The predicted octanol–water partition coefficient (Wildman–Crippen LogP) is 2.87. The van der Waals surface area contributed by atoms with E-state index in [-0.39, 0.29) is 5.69 Å². The zero-order valence-corrected chi connectivity index (χ0v) is 13.5. The van der Waals surface area contributed by atoms with Gasteiger partial charge in [0.05, 0.1) is 10.7 Å². The molecule has 1 aliphatic rings. The number of benzene rings is 1. The third-order valence-corrected chi connectivity index (χ3v) is 4.30. The predicted molar refractivity (Wildman–Crippen MR) is 85.3 cm³/mol. The first-order valence-electron chi connectivity index (χ1n) is 7.02. The van der Waals surface area contributed by atoms with E-state index in [0.29, 0.717) is 35.1 Å². The summed E-state index contributed by atoms with van der Waals surface area (Å²) < 4.78 is 1.47. The van der Waals surface area contributed by atoms with Crippen molar-refractivity contribution in [3.8, 4) is 5.69 Å². The summed E-state index contributed by atoms with van der Waals surface area (Å²) in [6.07, 6.45) is 2.74. The fraction of sp³-hybridized carbons (Fsp3) is 0.267. The number of nitrogens with zero attached hydrogens (tertiary/aromatic N) is 3. The first-order chi connectivity index (χ1) is 11.0. The summed E-state index contributed by atoms with van der Waals surface area (Å²) in [4.78, 5) is 25.0. The van der Waals surface area contributed by atoms with Gasteiger partial charge in [-0.1, -0.05) is 23.2 Å². The van der Waals surface area contributed by atoms with E-state index in [0.717, 1.165) is 0 Å². The van der Waals surface area contributed by atoms with Crippen molar-refractivity contribution in [1.29, 1.82) is 0 Å². The summed E-state index contributed by atoms with van der Waals surface area (Å²) in [7, 11) is 0. The van der Waals surface area contributed by atoms with E-state index in [1.54, 1.807) is 30.5 Å². The van der Waals surface area contributed by atoms with Crippen LogP contribution >= 0.6 is 23.2 Å². The normalized spacial score (nSPS) is 17.5. The van der Waals surface area contributed by atoms with E-state index in [9.17, 15) is 14.7 Å². The minimum absolute atomic E-state index is 0.184. The summed E-state index contributed by atoms with van der Waals surface area (Å²) in [5.41, 5.74) is 0.774. The van der Waals surface area contributed by atoms with Crippen molar-refractivity contribution < 1.29 is 14.7 Å². The molecular formula is C15H13Cl2N3O3. The Balaban J connectivity index is 1.87. The fourth-order valence-electron chi connectivity index (χ4n) is 2.65. The van der Waals surface area contributed by atoms with E-state index < -0.39 is 17.9 Å². The molecule has 2 heterocycles. The molecule has 0 aliphatic carbocycles. The Morgan fingerprint density at radius 1 is 1.26 bits per heavy atom. The molecule has 1 aliphatic heterocycles. The summed E-state index contributed by atoms with van der Waals surface area (Å²) in [6.45, 7) is 0.421. The minimum Gasteiger partial charge on any atom is -0.480 e. The Morgan fingerprint density at radius 2 is 2.04 bits per heavy atom. The zero-order chi connectivity index (χ0) is 16.6. The summed E-state index contributed by atoms with van der Waals surface area (Å²) >= 11 is 12.0. The number of hydrogen-bond acceptors (Lipinski definition) is 3. The number of likely N-dealkylation sites (tertiary alicyclic amines) is 1. The average Bonchev–Trinajstić information content (AvgIpc) is 3.16. The molecule has 1 saturated heterocycles. The number of amides is 1. The van der Waals surface area contributed by atoms with Gasteiger partial charge in [-0.05, 0) is 37.1 Å². The molecule has 23 heavy (non-hydrogen) atoms. The summed E-state index contributed by atoms with van der Waals surface area (Å²) in [5.74, 6) is -1.38. The maximum Gasteiger partial charge on any atom is 0.326 e. The van der Waals surface area contributed by atoms with Crippen molar-refractivity contribution in [2.45, 2.75) is 18.9 Å². The van der Waals surface area contributed by atoms with Crippen LogP contribution in [0.4, 0.5) is 0 Å². The van der Waals surface area contributed by atoms with Crippen LogP contribution in [0.3, 0.4) is 0 Å². The van der Waals surface area contributed by atoms with Gasteiger partial charge in [0.25, 0.3) is 5.91 Å². The fourth-order valence-corrected chi connectivity index (χ4v) is 3.15. The molecule has 2 aromatic rings. The molecule has 0 spiro atoms. The molecule has 3 rings (SSSR count). The number of carboxylic acids is 1. The molecule has 120 valence electrons. The minimum atomic E-state index is -0.990. The standard InChI is InChI=1S/C15H13Cl2N3O3/c16-9-3-4-12(10(17)8-9)20-7-5-11(18-20)14(21)19-6-1-2-13(19)15(22)23/h3-5,7-8,13H,1-2,6H2,(H,22,23). The molecule has 1 atom stereocenters. The van der Waals surface area contributed by atoms with E-state index in [4.69, 9.17) is 23.2 Å². The number of rotatable bonds is 3. The largest absolute Gasteiger partial charge is 0.480 e.